The summed E-state index contributed by atoms with van der Waals surface area (Å²) in [4.78, 5) is 40.1. The molecule has 0 aromatic heterocycles. The van der Waals surface area contributed by atoms with Crippen molar-refractivity contribution in [3.8, 4) is 16.9 Å². The highest BCUT2D eigenvalue weighted by molar-refractivity contribution is 6.08. The van der Waals surface area contributed by atoms with Gasteiger partial charge in [0.05, 0.1) is 19.8 Å². The number of hydroxylamine groups is 1. The van der Waals surface area contributed by atoms with E-state index in [2.05, 4.69) is 10.2 Å². The number of hydrogen-bond donors (Lipinski definition) is 3. The zero-order valence-corrected chi connectivity index (χ0v) is 20.0. The highest BCUT2D eigenvalue weighted by atomic mass is 16.5. The van der Waals surface area contributed by atoms with E-state index < -0.39 is 23.8 Å². The van der Waals surface area contributed by atoms with Crippen LogP contribution in [0.15, 0.2) is 48.5 Å². The van der Waals surface area contributed by atoms with Gasteiger partial charge >= 0.3 is 0 Å². The number of likely N-dealkylation sites (N-methyl/N-ethyl adjacent to an activating group) is 2. The molecule has 1 fully saturated rings. The lowest BCUT2D eigenvalue weighted by Crippen LogP contribution is -2.54. The normalized spacial score (nSPS) is 14.6. The molecule has 0 saturated carbocycles. The molecule has 0 spiro atoms. The van der Waals surface area contributed by atoms with Gasteiger partial charge in [-0.05, 0) is 41.8 Å². The van der Waals surface area contributed by atoms with Crippen LogP contribution in [-0.4, -0.2) is 92.3 Å². The number of rotatable bonds is 10. The number of ether oxygens (including phenoxy) is 2. The van der Waals surface area contributed by atoms with Crippen molar-refractivity contribution in [1.82, 2.24) is 20.6 Å². The second-order valence-corrected chi connectivity index (χ2v) is 8.17. The fraction of sp³-hybridized carbons (Fsp3) is 0.400. The number of nitrogens with zero attached hydrogens (tertiary/aromatic N) is 2. The van der Waals surface area contributed by atoms with Crippen molar-refractivity contribution in [3.63, 3.8) is 0 Å². The zero-order chi connectivity index (χ0) is 25.2. The van der Waals surface area contributed by atoms with Crippen molar-refractivity contribution in [2.24, 2.45) is 0 Å². The zero-order valence-electron chi connectivity index (χ0n) is 20.0. The van der Waals surface area contributed by atoms with Crippen LogP contribution >= 0.6 is 0 Å². The summed E-state index contributed by atoms with van der Waals surface area (Å²) < 4.78 is 11.2. The molecule has 188 valence electrons. The Balaban J connectivity index is 1.56. The molecule has 2 aromatic rings. The molecule has 1 saturated heterocycles. The van der Waals surface area contributed by atoms with Crippen LogP contribution in [0.1, 0.15) is 16.8 Å². The van der Waals surface area contributed by atoms with E-state index in [-0.39, 0.29) is 0 Å². The predicted octanol–water partition coefficient (Wildman–Crippen LogP) is 1.15. The van der Waals surface area contributed by atoms with Crippen molar-refractivity contribution in [1.29, 1.82) is 0 Å². The molecule has 1 unspecified atom stereocenters. The minimum absolute atomic E-state index is 0.302. The molecule has 1 aliphatic heterocycles. The summed E-state index contributed by atoms with van der Waals surface area (Å²) in [5.74, 6) is -1.45. The van der Waals surface area contributed by atoms with Gasteiger partial charge in [-0.15, -0.1) is 0 Å². The molecule has 1 atom stereocenters. The summed E-state index contributed by atoms with van der Waals surface area (Å²) >= 11 is 0. The third-order valence-electron chi connectivity index (χ3n) is 5.87. The van der Waals surface area contributed by atoms with Crippen LogP contribution in [0.2, 0.25) is 0 Å². The van der Waals surface area contributed by atoms with Crippen LogP contribution in [0.25, 0.3) is 11.1 Å². The third-order valence-corrected chi connectivity index (χ3v) is 5.87. The van der Waals surface area contributed by atoms with E-state index in [0.717, 1.165) is 61.0 Å². The van der Waals surface area contributed by atoms with Gasteiger partial charge in [0.1, 0.15) is 5.75 Å². The summed E-state index contributed by atoms with van der Waals surface area (Å²) in [7, 11) is 2.67. The Kier molecular flexibility index (Phi) is 9.59. The summed E-state index contributed by atoms with van der Waals surface area (Å²) in [6.07, 6.45) is 0.951. The molecule has 1 heterocycles. The van der Waals surface area contributed by atoms with Crippen LogP contribution in [0.4, 0.5) is 0 Å². The van der Waals surface area contributed by atoms with E-state index in [9.17, 15) is 14.4 Å². The maximum Gasteiger partial charge on any atom is 0.275 e. The van der Waals surface area contributed by atoms with Crippen molar-refractivity contribution in [3.05, 3.63) is 54.1 Å². The van der Waals surface area contributed by atoms with Gasteiger partial charge in [-0.25, -0.2) is 5.48 Å². The quantitative estimate of drug-likeness (QED) is 0.200. The summed E-state index contributed by atoms with van der Waals surface area (Å²) in [5.41, 5.74) is 3.59. The second kappa shape index (κ2) is 12.8. The predicted molar refractivity (Wildman–Crippen MR) is 129 cm³/mol. The molecular formula is C25H32N4O6. The van der Waals surface area contributed by atoms with Crippen molar-refractivity contribution >= 4 is 17.7 Å². The van der Waals surface area contributed by atoms with Gasteiger partial charge in [0.25, 0.3) is 17.7 Å². The topological polar surface area (TPSA) is 120 Å². The number of carbonyl (C=O) groups excluding carboxylic acids is 3. The molecule has 10 heteroatoms. The highest BCUT2D eigenvalue weighted by Crippen LogP contribution is 2.23. The number of benzene rings is 2. The molecule has 35 heavy (non-hydrogen) atoms. The van der Waals surface area contributed by atoms with E-state index in [1.165, 1.54) is 19.6 Å². The average Bonchev–Trinajstić information content (AvgIpc) is 2.91. The van der Waals surface area contributed by atoms with Crippen LogP contribution < -0.4 is 15.5 Å². The smallest absolute Gasteiger partial charge is 0.275 e. The van der Waals surface area contributed by atoms with E-state index in [4.69, 9.17) is 14.7 Å². The first kappa shape index (κ1) is 26.1. The van der Waals surface area contributed by atoms with Gasteiger partial charge in [-0.2, -0.15) is 0 Å². The van der Waals surface area contributed by atoms with Gasteiger partial charge in [0, 0.05) is 39.3 Å². The van der Waals surface area contributed by atoms with Gasteiger partial charge < -0.3 is 19.7 Å². The molecule has 10 nitrogen and oxygen atoms in total. The molecule has 3 N–H and O–H groups in total. The Morgan fingerprint density at radius 3 is 2.20 bits per heavy atom. The Labute approximate surface area is 204 Å². The minimum atomic E-state index is -1.50. The lowest BCUT2D eigenvalue weighted by Gasteiger charge is -2.26. The number of nitrogens with one attached hydrogen (secondary N) is 2. The van der Waals surface area contributed by atoms with Crippen LogP contribution in [-0.2, 0) is 14.3 Å². The monoisotopic (exact) mass is 484 g/mol. The first-order valence-corrected chi connectivity index (χ1v) is 11.5. The third kappa shape index (κ3) is 7.01. The maximum absolute atomic E-state index is 12.8. The minimum Gasteiger partial charge on any atom is -0.494 e. The lowest BCUT2D eigenvalue weighted by atomic mass is 10.0. The molecule has 0 aliphatic carbocycles. The first-order chi connectivity index (χ1) is 16.9. The summed E-state index contributed by atoms with van der Waals surface area (Å²) in [6, 6.07) is 13.1. The van der Waals surface area contributed by atoms with E-state index in [1.807, 2.05) is 24.3 Å². The fourth-order valence-electron chi connectivity index (χ4n) is 3.84. The molecule has 0 radical (unpaired) electrons. The maximum atomic E-state index is 12.8. The average molecular weight is 485 g/mol. The van der Waals surface area contributed by atoms with Gasteiger partial charge in [-0.1, -0.05) is 24.3 Å². The van der Waals surface area contributed by atoms with E-state index >= 15 is 0 Å². The summed E-state index contributed by atoms with van der Waals surface area (Å²) in [5, 5.41) is 11.2. The Bertz CT molecular complexity index is 974. The molecule has 2 aromatic carbocycles. The Morgan fingerprint density at radius 2 is 1.63 bits per heavy atom. The molecule has 3 rings (SSSR count). The molecule has 0 bridgehead atoms. The summed E-state index contributed by atoms with van der Waals surface area (Å²) in [6.45, 7) is 5.18. The number of carbonyl (C=O) groups is 3. The van der Waals surface area contributed by atoms with Crippen LogP contribution in [0, 0.1) is 0 Å². The Morgan fingerprint density at radius 1 is 1.03 bits per heavy atom. The number of hydrogen-bond acceptors (Lipinski definition) is 7. The largest absolute Gasteiger partial charge is 0.494 e. The van der Waals surface area contributed by atoms with E-state index in [1.54, 1.807) is 24.3 Å². The van der Waals surface area contributed by atoms with Gasteiger partial charge in [0.2, 0.25) is 0 Å². The SMILES string of the molecule is CNC(=O)C(C(=O)NO)N(C)C(=O)c1ccc(-c2ccc(OCCCN3CCOCC3)cc2)cc1. The number of amides is 3. The van der Waals surface area contributed by atoms with Crippen LogP contribution in [0.5, 0.6) is 5.75 Å². The molecule has 1 aliphatic rings. The first-order valence-electron chi connectivity index (χ1n) is 11.5. The van der Waals surface area contributed by atoms with Crippen molar-refractivity contribution in [2.45, 2.75) is 12.5 Å². The standard InChI is InChI=1S/C25H32N4O6/c1-26-23(30)22(24(31)27-33)28(2)25(32)20-6-4-18(5-7-20)19-8-10-21(11-9-19)35-15-3-12-29-13-16-34-17-14-29/h4-11,22,33H,3,12-17H2,1-2H3,(H,26,30)(H,27,31). The highest BCUT2D eigenvalue weighted by Gasteiger charge is 2.33. The molecular weight excluding hydrogens is 452 g/mol. The van der Waals surface area contributed by atoms with Crippen LogP contribution in [0.3, 0.4) is 0 Å². The van der Waals surface area contributed by atoms with Gasteiger partial charge in [-0.3, -0.25) is 24.5 Å². The Hall–Kier alpha value is -3.47. The lowest BCUT2D eigenvalue weighted by molar-refractivity contribution is -0.140. The van der Waals surface area contributed by atoms with Crippen molar-refractivity contribution in [2.75, 3.05) is 53.6 Å². The van der Waals surface area contributed by atoms with Crippen molar-refractivity contribution < 1.29 is 29.1 Å². The fourth-order valence-corrected chi connectivity index (χ4v) is 3.84. The second-order valence-electron chi connectivity index (χ2n) is 8.17. The van der Waals surface area contributed by atoms with E-state index in [0.29, 0.717) is 12.2 Å². The number of morpholine rings is 1. The van der Waals surface area contributed by atoms with Gasteiger partial charge in [0.15, 0.2) is 6.04 Å². The molecule has 3 amide bonds.